The number of carbonyl (C=O) groups excluding carboxylic acids is 1. The summed E-state index contributed by atoms with van der Waals surface area (Å²) >= 11 is 0. The highest BCUT2D eigenvalue weighted by molar-refractivity contribution is 5.86. The predicted octanol–water partition coefficient (Wildman–Crippen LogP) is 4.45. The highest BCUT2D eigenvalue weighted by Crippen LogP contribution is 2.19. The average Bonchev–Trinajstić information content (AvgIpc) is 2.65. The van der Waals surface area contributed by atoms with Crippen LogP contribution in [0, 0.1) is 5.92 Å². The Morgan fingerprint density at radius 3 is 1.50 bits per heavy atom. The number of aliphatic hydroxyl groups excluding tert-OH is 3. The molecule has 0 aliphatic heterocycles. The van der Waals surface area contributed by atoms with Crippen LogP contribution in [-0.4, -0.2) is 39.5 Å². The van der Waals surface area contributed by atoms with Crippen molar-refractivity contribution in [1.82, 2.24) is 0 Å². The molecule has 5 nitrogen and oxygen atoms in total. The molecule has 0 aromatic heterocycles. The van der Waals surface area contributed by atoms with E-state index in [9.17, 15) is 20.1 Å². The fraction of sp³-hybridized carbons (Fsp3) is 0.957. The van der Waals surface area contributed by atoms with E-state index in [0.29, 0.717) is 19.3 Å². The van der Waals surface area contributed by atoms with Crippen molar-refractivity contribution in [2.24, 2.45) is 11.7 Å². The third-order valence-corrected chi connectivity index (χ3v) is 5.60. The molecule has 0 bridgehead atoms. The van der Waals surface area contributed by atoms with Gasteiger partial charge in [-0.15, -0.1) is 0 Å². The zero-order valence-electron chi connectivity index (χ0n) is 18.5. The van der Waals surface area contributed by atoms with Gasteiger partial charge in [0, 0.05) is 0 Å². The Morgan fingerprint density at radius 1 is 0.679 bits per heavy atom. The summed E-state index contributed by atoms with van der Waals surface area (Å²) in [6.45, 7) is 4.12. The van der Waals surface area contributed by atoms with Crippen molar-refractivity contribution in [3.63, 3.8) is 0 Å². The second kappa shape index (κ2) is 18.5. The maximum Gasteiger partial charge on any atom is 0.170 e. The van der Waals surface area contributed by atoms with E-state index in [-0.39, 0.29) is 0 Å². The summed E-state index contributed by atoms with van der Waals surface area (Å²) in [5, 5.41) is 29.8. The molecule has 0 heterocycles. The molecule has 0 aliphatic carbocycles. The van der Waals surface area contributed by atoms with Gasteiger partial charge in [-0.25, -0.2) is 0 Å². The molecule has 0 aromatic carbocycles. The molecular formula is C23H47NO4. The molecule has 0 rings (SSSR count). The minimum absolute atomic E-state index is 0.327. The number of carbonyl (C=O) groups is 1. The molecule has 5 N–H and O–H groups in total. The lowest BCUT2D eigenvalue weighted by Gasteiger charge is -2.26. The Labute approximate surface area is 173 Å². The first-order chi connectivity index (χ1) is 13.5. The zero-order valence-corrected chi connectivity index (χ0v) is 18.5. The molecule has 0 saturated carbocycles. The normalized spacial score (nSPS) is 15.9. The second-order valence-electron chi connectivity index (χ2n) is 8.32. The van der Waals surface area contributed by atoms with Crippen molar-refractivity contribution in [1.29, 1.82) is 0 Å². The second-order valence-corrected chi connectivity index (χ2v) is 8.32. The molecular weight excluding hydrogens is 354 g/mol. The van der Waals surface area contributed by atoms with Crippen molar-refractivity contribution in [3.05, 3.63) is 0 Å². The Balaban J connectivity index is 3.76. The quantitative estimate of drug-likeness (QED) is 0.178. The Morgan fingerprint density at radius 2 is 1.11 bits per heavy atom. The van der Waals surface area contributed by atoms with Gasteiger partial charge in [0.2, 0.25) is 0 Å². The van der Waals surface area contributed by atoms with Crippen LogP contribution >= 0.6 is 0 Å². The fourth-order valence-corrected chi connectivity index (χ4v) is 3.77. The van der Waals surface area contributed by atoms with Crippen LogP contribution < -0.4 is 5.73 Å². The lowest BCUT2D eigenvalue weighted by atomic mass is 9.88. The molecule has 0 fully saturated rings. The number of nitrogens with two attached hydrogens (primary N) is 1. The van der Waals surface area contributed by atoms with E-state index in [0.717, 1.165) is 19.3 Å². The summed E-state index contributed by atoms with van der Waals surface area (Å²) in [4.78, 5) is 12.2. The Bertz CT molecular complexity index is 363. The van der Waals surface area contributed by atoms with Crippen LogP contribution in [-0.2, 0) is 4.79 Å². The van der Waals surface area contributed by atoms with Crippen molar-refractivity contribution in [2.45, 2.75) is 135 Å². The van der Waals surface area contributed by atoms with Crippen molar-refractivity contribution in [2.75, 3.05) is 0 Å². The van der Waals surface area contributed by atoms with E-state index in [2.05, 4.69) is 6.92 Å². The van der Waals surface area contributed by atoms with Gasteiger partial charge in [-0.3, -0.25) is 4.79 Å². The average molecular weight is 402 g/mol. The highest BCUT2D eigenvalue weighted by atomic mass is 16.3. The van der Waals surface area contributed by atoms with Gasteiger partial charge >= 0.3 is 0 Å². The fourth-order valence-electron chi connectivity index (χ4n) is 3.77. The molecule has 0 amide bonds. The highest BCUT2D eigenvalue weighted by Gasteiger charge is 2.34. The van der Waals surface area contributed by atoms with Gasteiger partial charge in [-0.1, -0.05) is 104 Å². The van der Waals surface area contributed by atoms with Crippen LogP contribution in [0.4, 0.5) is 0 Å². The molecule has 0 radical (unpaired) electrons. The number of hydrogen-bond acceptors (Lipinski definition) is 5. The van der Waals surface area contributed by atoms with E-state index in [1.807, 2.05) is 6.92 Å². The van der Waals surface area contributed by atoms with Crippen LogP contribution in [0.25, 0.3) is 0 Å². The molecule has 168 valence electrons. The minimum atomic E-state index is -1.43. The van der Waals surface area contributed by atoms with Gasteiger partial charge in [0.25, 0.3) is 0 Å². The van der Waals surface area contributed by atoms with Crippen LogP contribution in [0.5, 0.6) is 0 Å². The number of aliphatic hydroxyl groups is 3. The molecule has 28 heavy (non-hydrogen) atoms. The third kappa shape index (κ3) is 13.6. The van der Waals surface area contributed by atoms with Crippen molar-refractivity contribution in [3.8, 4) is 0 Å². The number of hydrogen-bond donors (Lipinski definition) is 4. The summed E-state index contributed by atoms with van der Waals surface area (Å²) in [6.07, 6.45) is 14.1. The summed E-state index contributed by atoms with van der Waals surface area (Å²) in [5.74, 6) is -1.64. The van der Waals surface area contributed by atoms with Crippen molar-refractivity contribution < 1.29 is 20.1 Å². The smallest absolute Gasteiger partial charge is 0.170 e. The Kier molecular flexibility index (Phi) is 18.2. The lowest BCUT2D eigenvalue weighted by molar-refractivity contribution is -0.140. The summed E-state index contributed by atoms with van der Waals surface area (Å²) < 4.78 is 0. The third-order valence-electron chi connectivity index (χ3n) is 5.60. The van der Waals surface area contributed by atoms with E-state index in [1.54, 1.807) is 0 Å². The van der Waals surface area contributed by atoms with Gasteiger partial charge in [0.1, 0.15) is 12.3 Å². The van der Waals surface area contributed by atoms with E-state index in [1.165, 1.54) is 64.2 Å². The molecule has 4 unspecified atom stereocenters. The molecule has 5 heteroatoms. The number of unbranched alkanes of at least 4 members (excludes halogenated alkanes) is 12. The minimum Gasteiger partial charge on any atom is -0.392 e. The lowest BCUT2D eigenvalue weighted by Crippen LogP contribution is -2.46. The maximum absolute atomic E-state index is 12.2. The largest absolute Gasteiger partial charge is 0.392 e. The standard InChI is InChI=1S/C23H47NO4/c1-3-5-6-7-8-9-10-11-12-13-14-15-16-18-19(25)21(23(24)28)22(27)20(26)17-4-2/h19-21,23,25-26,28H,3-18,24H2,1-2H3. The van der Waals surface area contributed by atoms with Gasteiger partial charge in [0.15, 0.2) is 5.78 Å². The zero-order chi connectivity index (χ0) is 21.2. The summed E-state index contributed by atoms with van der Waals surface area (Å²) in [7, 11) is 0. The molecule has 0 spiro atoms. The first kappa shape index (κ1) is 27.5. The molecule has 4 atom stereocenters. The maximum atomic E-state index is 12.2. The topological polar surface area (TPSA) is 104 Å². The predicted molar refractivity (Wildman–Crippen MR) is 116 cm³/mol. The van der Waals surface area contributed by atoms with Crippen LogP contribution in [0.3, 0.4) is 0 Å². The van der Waals surface area contributed by atoms with Gasteiger partial charge in [0.05, 0.1) is 12.0 Å². The van der Waals surface area contributed by atoms with Crippen LogP contribution in [0.1, 0.15) is 117 Å². The number of rotatable bonds is 20. The van der Waals surface area contributed by atoms with Crippen LogP contribution in [0.15, 0.2) is 0 Å². The first-order valence-electron chi connectivity index (χ1n) is 11.8. The molecule has 0 aromatic rings. The number of ketones is 1. The van der Waals surface area contributed by atoms with E-state index >= 15 is 0 Å². The monoisotopic (exact) mass is 401 g/mol. The number of Topliss-reactive ketones (excluding diaryl/α,β-unsaturated/α-hetero) is 1. The summed E-state index contributed by atoms with van der Waals surface area (Å²) in [5.41, 5.74) is 5.48. The summed E-state index contributed by atoms with van der Waals surface area (Å²) in [6, 6.07) is 0. The van der Waals surface area contributed by atoms with Crippen LogP contribution in [0.2, 0.25) is 0 Å². The molecule has 0 aliphatic rings. The van der Waals surface area contributed by atoms with Gasteiger partial charge < -0.3 is 21.1 Å². The Hall–Kier alpha value is -0.490. The van der Waals surface area contributed by atoms with Gasteiger partial charge in [-0.2, -0.15) is 0 Å². The first-order valence-corrected chi connectivity index (χ1v) is 11.8. The van der Waals surface area contributed by atoms with Crippen molar-refractivity contribution >= 4 is 5.78 Å². The van der Waals surface area contributed by atoms with E-state index in [4.69, 9.17) is 5.73 Å². The van der Waals surface area contributed by atoms with E-state index < -0.39 is 30.1 Å². The van der Waals surface area contributed by atoms with Gasteiger partial charge in [-0.05, 0) is 12.8 Å². The molecule has 0 saturated heterocycles. The SMILES string of the molecule is CCCCCCCCCCCCCCCC(O)C(C(=O)C(O)CCC)C(N)O.